The summed E-state index contributed by atoms with van der Waals surface area (Å²) >= 11 is 1.30. The van der Waals surface area contributed by atoms with Crippen molar-refractivity contribution in [3.63, 3.8) is 0 Å². The molecule has 1 aromatic heterocycles. The predicted molar refractivity (Wildman–Crippen MR) is 86.5 cm³/mol. The maximum atomic E-state index is 11.3. The van der Waals surface area contributed by atoms with E-state index in [0.29, 0.717) is 13.0 Å². The van der Waals surface area contributed by atoms with E-state index in [9.17, 15) is 14.7 Å². The van der Waals surface area contributed by atoms with Gasteiger partial charge >= 0.3 is 5.97 Å². The van der Waals surface area contributed by atoms with Gasteiger partial charge in [-0.15, -0.1) is 0 Å². The van der Waals surface area contributed by atoms with Crippen LogP contribution in [0.2, 0.25) is 0 Å². The highest BCUT2D eigenvalue weighted by Gasteiger charge is 2.22. The summed E-state index contributed by atoms with van der Waals surface area (Å²) in [7, 11) is 0. The van der Waals surface area contributed by atoms with Crippen molar-refractivity contribution in [2.24, 2.45) is 5.73 Å². The SMILES string of the molecule is NCCc1c(C(=O)O)[nH]c2ccc(CC3CSC(=O)N3)cc12. The van der Waals surface area contributed by atoms with E-state index < -0.39 is 5.97 Å². The highest BCUT2D eigenvalue weighted by atomic mass is 32.2. The van der Waals surface area contributed by atoms with E-state index in [1.807, 2.05) is 18.2 Å². The van der Waals surface area contributed by atoms with Gasteiger partial charge in [0, 0.05) is 22.7 Å². The van der Waals surface area contributed by atoms with Crippen LogP contribution in [0.15, 0.2) is 18.2 Å². The summed E-state index contributed by atoms with van der Waals surface area (Å²) in [4.78, 5) is 25.5. The molecule has 116 valence electrons. The number of carboxylic acids is 1. The largest absolute Gasteiger partial charge is 0.477 e. The van der Waals surface area contributed by atoms with Crippen LogP contribution >= 0.6 is 11.8 Å². The first-order valence-electron chi connectivity index (χ1n) is 7.08. The van der Waals surface area contributed by atoms with Crippen molar-refractivity contribution < 1.29 is 14.7 Å². The van der Waals surface area contributed by atoms with Crippen LogP contribution in [-0.2, 0) is 12.8 Å². The minimum absolute atomic E-state index is 0.0182. The van der Waals surface area contributed by atoms with E-state index in [1.54, 1.807) is 0 Å². The van der Waals surface area contributed by atoms with Crippen LogP contribution in [0.3, 0.4) is 0 Å². The lowest BCUT2D eigenvalue weighted by Crippen LogP contribution is -2.28. The highest BCUT2D eigenvalue weighted by Crippen LogP contribution is 2.26. The summed E-state index contributed by atoms with van der Waals surface area (Å²) in [6.45, 7) is 0.396. The number of rotatable bonds is 5. The van der Waals surface area contributed by atoms with Crippen molar-refractivity contribution in [2.45, 2.75) is 18.9 Å². The third-order valence-corrected chi connectivity index (χ3v) is 4.75. The fraction of sp³-hybridized carbons (Fsp3) is 0.333. The van der Waals surface area contributed by atoms with Gasteiger partial charge in [-0.05, 0) is 42.6 Å². The van der Waals surface area contributed by atoms with Gasteiger partial charge in [0.2, 0.25) is 0 Å². The zero-order valence-electron chi connectivity index (χ0n) is 11.9. The number of aromatic amines is 1. The van der Waals surface area contributed by atoms with Gasteiger partial charge in [-0.1, -0.05) is 17.8 Å². The van der Waals surface area contributed by atoms with Gasteiger partial charge in [-0.3, -0.25) is 4.79 Å². The Labute approximate surface area is 131 Å². The first kappa shape index (κ1) is 14.9. The average molecular weight is 319 g/mol. The molecular formula is C15H17N3O3S. The number of aromatic nitrogens is 1. The number of carboxylic acid groups (broad SMARTS) is 1. The number of nitrogens with two attached hydrogens (primary N) is 1. The summed E-state index contributed by atoms with van der Waals surface area (Å²) in [6, 6.07) is 5.98. The van der Waals surface area contributed by atoms with Gasteiger partial charge < -0.3 is 21.1 Å². The molecule has 2 aromatic rings. The summed E-state index contributed by atoms with van der Waals surface area (Å²) < 4.78 is 0. The van der Waals surface area contributed by atoms with Crippen LogP contribution in [0.1, 0.15) is 21.6 Å². The first-order chi connectivity index (χ1) is 10.6. The highest BCUT2D eigenvalue weighted by molar-refractivity contribution is 8.13. The number of fused-ring (bicyclic) bond motifs is 1. The summed E-state index contributed by atoms with van der Waals surface area (Å²) in [5.74, 6) is -0.208. The molecule has 1 aliphatic heterocycles. The lowest BCUT2D eigenvalue weighted by atomic mass is 10.0. The van der Waals surface area contributed by atoms with E-state index in [-0.39, 0.29) is 17.0 Å². The van der Waals surface area contributed by atoms with Crippen LogP contribution in [0, 0.1) is 0 Å². The quantitative estimate of drug-likeness (QED) is 0.671. The molecule has 0 spiro atoms. The fourth-order valence-electron chi connectivity index (χ4n) is 2.83. The molecular weight excluding hydrogens is 302 g/mol. The predicted octanol–water partition coefficient (Wildman–Crippen LogP) is 1.73. The number of carbonyl (C=O) groups is 2. The van der Waals surface area contributed by atoms with Crippen molar-refractivity contribution in [3.8, 4) is 0 Å². The summed E-state index contributed by atoms with van der Waals surface area (Å²) in [5, 5.41) is 13.1. The Bertz CT molecular complexity index is 741. The number of H-pyrrole nitrogens is 1. The number of carbonyl (C=O) groups excluding carboxylic acids is 1. The molecule has 1 amide bonds. The molecule has 0 bridgehead atoms. The topological polar surface area (TPSA) is 108 Å². The number of hydrogen-bond donors (Lipinski definition) is 4. The monoisotopic (exact) mass is 319 g/mol. The summed E-state index contributed by atoms with van der Waals surface area (Å²) in [5.41, 5.74) is 8.44. The molecule has 1 aromatic carbocycles. The van der Waals surface area contributed by atoms with E-state index in [1.165, 1.54) is 11.8 Å². The molecule has 1 unspecified atom stereocenters. The molecule has 22 heavy (non-hydrogen) atoms. The van der Waals surface area contributed by atoms with E-state index in [2.05, 4.69) is 10.3 Å². The smallest absolute Gasteiger partial charge is 0.352 e. The molecule has 0 radical (unpaired) electrons. The average Bonchev–Trinajstić information content (AvgIpc) is 3.04. The van der Waals surface area contributed by atoms with Crippen LogP contribution < -0.4 is 11.1 Å². The number of aromatic carboxylic acids is 1. The molecule has 3 rings (SSSR count). The third-order valence-electron chi connectivity index (χ3n) is 3.80. The molecule has 0 aliphatic carbocycles. The van der Waals surface area contributed by atoms with Gasteiger partial charge in [0.05, 0.1) is 0 Å². The second-order valence-electron chi connectivity index (χ2n) is 5.35. The Morgan fingerprint density at radius 1 is 1.45 bits per heavy atom. The maximum absolute atomic E-state index is 11.3. The minimum Gasteiger partial charge on any atom is -0.477 e. The van der Waals surface area contributed by atoms with E-state index in [0.717, 1.165) is 34.2 Å². The molecule has 7 heteroatoms. The molecule has 2 heterocycles. The Kier molecular flexibility index (Phi) is 4.08. The number of hydrogen-bond acceptors (Lipinski definition) is 4. The zero-order chi connectivity index (χ0) is 15.7. The third kappa shape index (κ3) is 2.82. The Hall–Kier alpha value is -1.99. The molecule has 6 nitrogen and oxygen atoms in total. The van der Waals surface area contributed by atoms with Crippen molar-refractivity contribution in [2.75, 3.05) is 12.3 Å². The molecule has 1 fully saturated rings. The standard InChI is InChI=1S/C15H17N3O3S/c16-4-3-10-11-6-8(5-9-7-22-15(21)17-9)1-2-12(11)18-13(10)14(19)20/h1-2,6,9,18H,3-5,7,16H2,(H,17,21)(H,19,20). The van der Waals surface area contributed by atoms with Gasteiger partial charge in [0.1, 0.15) is 5.69 Å². The number of benzene rings is 1. The zero-order valence-corrected chi connectivity index (χ0v) is 12.7. The van der Waals surface area contributed by atoms with E-state index >= 15 is 0 Å². The van der Waals surface area contributed by atoms with Crippen molar-refractivity contribution in [1.29, 1.82) is 0 Å². The van der Waals surface area contributed by atoms with Crippen LogP contribution in [0.5, 0.6) is 0 Å². The minimum atomic E-state index is -0.972. The molecule has 0 saturated carbocycles. The normalized spacial score (nSPS) is 17.9. The van der Waals surface area contributed by atoms with Crippen molar-refractivity contribution in [3.05, 3.63) is 35.0 Å². The van der Waals surface area contributed by atoms with Crippen LogP contribution in [0.4, 0.5) is 4.79 Å². The first-order valence-corrected chi connectivity index (χ1v) is 8.07. The molecule has 5 N–H and O–H groups in total. The summed E-state index contributed by atoms with van der Waals surface area (Å²) in [6.07, 6.45) is 1.26. The number of amides is 1. The Balaban J connectivity index is 1.95. The molecule has 1 aliphatic rings. The maximum Gasteiger partial charge on any atom is 0.352 e. The molecule has 1 saturated heterocycles. The second-order valence-corrected chi connectivity index (χ2v) is 6.34. The van der Waals surface area contributed by atoms with Gasteiger partial charge in [0.25, 0.3) is 5.24 Å². The van der Waals surface area contributed by atoms with Crippen LogP contribution in [-0.4, -0.2) is 39.6 Å². The van der Waals surface area contributed by atoms with Crippen molar-refractivity contribution >= 4 is 33.9 Å². The number of nitrogens with one attached hydrogen (secondary N) is 2. The van der Waals surface area contributed by atoms with Gasteiger partial charge in [0.15, 0.2) is 0 Å². The Morgan fingerprint density at radius 2 is 2.27 bits per heavy atom. The number of thioether (sulfide) groups is 1. The van der Waals surface area contributed by atoms with Gasteiger partial charge in [-0.25, -0.2) is 4.79 Å². The second kappa shape index (κ2) is 6.02. The fourth-order valence-corrected chi connectivity index (χ4v) is 3.63. The lowest BCUT2D eigenvalue weighted by Gasteiger charge is -2.09. The molecule has 1 atom stereocenters. The van der Waals surface area contributed by atoms with Crippen LogP contribution in [0.25, 0.3) is 10.9 Å². The van der Waals surface area contributed by atoms with Crippen molar-refractivity contribution in [1.82, 2.24) is 10.3 Å². The van der Waals surface area contributed by atoms with Gasteiger partial charge in [-0.2, -0.15) is 0 Å². The Morgan fingerprint density at radius 3 is 2.91 bits per heavy atom. The lowest BCUT2D eigenvalue weighted by molar-refractivity contribution is 0.0690. The van der Waals surface area contributed by atoms with E-state index in [4.69, 9.17) is 5.73 Å².